The van der Waals surface area contributed by atoms with E-state index in [2.05, 4.69) is 32.0 Å². The molecule has 2 aromatic heterocycles. The molecule has 4 rings (SSSR count). The molecule has 6 heteroatoms. The summed E-state index contributed by atoms with van der Waals surface area (Å²) in [5.74, 6) is 1.78. The molecule has 1 aliphatic carbocycles. The summed E-state index contributed by atoms with van der Waals surface area (Å²) in [6.07, 6.45) is 7.82. The lowest BCUT2D eigenvalue weighted by Gasteiger charge is -2.17. The van der Waals surface area contributed by atoms with Crippen LogP contribution in [0.15, 0.2) is 40.2 Å². The predicted octanol–water partition coefficient (Wildman–Crippen LogP) is 5.44. The standard InChI is InChI=1S/C25H31N3O2S/c1-15(2)18-11-10-16(12-21(18)30-4)20-14-28(3)25(29)19-13-22(31-23(19)20)24(26)27-17-8-6-5-7-9-17/h10-15,17H,5-9H2,1-4H3,(H2,26,27). The number of nitrogens with two attached hydrogens (primary N) is 1. The van der Waals surface area contributed by atoms with Crippen molar-refractivity contribution >= 4 is 27.3 Å². The third-order valence-electron chi connectivity index (χ3n) is 6.17. The largest absolute Gasteiger partial charge is 0.496 e. The zero-order valence-electron chi connectivity index (χ0n) is 18.8. The van der Waals surface area contributed by atoms with Gasteiger partial charge in [0.05, 0.1) is 23.4 Å². The maximum Gasteiger partial charge on any atom is 0.259 e. The van der Waals surface area contributed by atoms with E-state index in [9.17, 15) is 4.79 Å². The predicted molar refractivity (Wildman–Crippen MR) is 131 cm³/mol. The van der Waals surface area contributed by atoms with Crippen LogP contribution in [0, 0.1) is 0 Å². The lowest BCUT2D eigenvalue weighted by atomic mass is 9.96. The number of ether oxygens (including phenoxy) is 1. The number of aromatic nitrogens is 1. The summed E-state index contributed by atoms with van der Waals surface area (Å²) in [4.78, 5) is 18.5. The van der Waals surface area contributed by atoms with Gasteiger partial charge in [-0.15, -0.1) is 11.3 Å². The molecular formula is C25H31N3O2S. The van der Waals surface area contributed by atoms with E-state index in [0.717, 1.165) is 39.3 Å². The zero-order chi connectivity index (χ0) is 22.1. The monoisotopic (exact) mass is 437 g/mol. The number of aliphatic imine (C=N–C) groups is 1. The van der Waals surface area contributed by atoms with Crippen LogP contribution in [-0.2, 0) is 7.05 Å². The van der Waals surface area contributed by atoms with Gasteiger partial charge in [-0.3, -0.25) is 9.79 Å². The SMILES string of the molecule is COc1cc(-c2cn(C)c(=O)c3cc(C(N)=NC4CCCCC4)sc23)ccc1C(C)C. The Labute approximate surface area is 187 Å². The molecule has 0 radical (unpaired) electrons. The molecule has 1 aliphatic rings. The molecular weight excluding hydrogens is 406 g/mol. The van der Waals surface area contributed by atoms with Crippen LogP contribution in [-0.4, -0.2) is 23.6 Å². The highest BCUT2D eigenvalue weighted by molar-refractivity contribution is 7.21. The summed E-state index contributed by atoms with van der Waals surface area (Å²) in [7, 11) is 3.49. The Hall–Kier alpha value is -2.60. The highest BCUT2D eigenvalue weighted by Crippen LogP contribution is 2.37. The molecule has 0 saturated heterocycles. The Balaban J connectivity index is 1.83. The van der Waals surface area contributed by atoms with Crippen LogP contribution in [0.3, 0.4) is 0 Å². The maximum atomic E-state index is 12.9. The first kappa shape index (κ1) is 21.6. The van der Waals surface area contributed by atoms with Gasteiger partial charge in [0.25, 0.3) is 5.56 Å². The Kier molecular flexibility index (Phi) is 6.19. The number of amidine groups is 1. The molecule has 2 heterocycles. The van der Waals surface area contributed by atoms with Crippen LogP contribution in [0.2, 0.25) is 0 Å². The third-order valence-corrected chi connectivity index (χ3v) is 7.36. The number of nitrogens with zero attached hydrogens (tertiary/aromatic N) is 2. The van der Waals surface area contributed by atoms with E-state index >= 15 is 0 Å². The van der Waals surface area contributed by atoms with E-state index in [1.54, 1.807) is 30.1 Å². The maximum absolute atomic E-state index is 12.9. The van der Waals surface area contributed by atoms with E-state index in [0.29, 0.717) is 23.2 Å². The van der Waals surface area contributed by atoms with Gasteiger partial charge in [0.15, 0.2) is 0 Å². The minimum absolute atomic E-state index is 0.0162. The van der Waals surface area contributed by atoms with Crippen molar-refractivity contribution in [2.75, 3.05) is 7.11 Å². The lowest BCUT2D eigenvalue weighted by molar-refractivity contribution is 0.408. The second kappa shape index (κ2) is 8.87. The van der Waals surface area contributed by atoms with E-state index in [1.807, 2.05) is 12.3 Å². The Morgan fingerprint density at radius 1 is 1.23 bits per heavy atom. The topological polar surface area (TPSA) is 69.6 Å². The van der Waals surface area contributed by atoms with Crippen molar-refractivity contribution in [2.45, 2.75) is 57.9 Å². The van der Waals surface area contributed by atoms with Crippen molar-refractivity contribution in [1.82, 2.24) is 4.57 Å². The van der Waals surface area contributed by atoms with E-state index in [-0.39, 0.29) is 5.56 Å². The lowest BCUT2D eigenvalue weighted by Crippen LogP contribution is -2.19. The molecule has 0 unspecified atom stereocenters. The Morgan fingerprint density at radius 3 is 2.65 bits per heavy atom. The molecule has 0 spiro atoms. The molecule has 0 bridgehead atoms. The van der Waals surface area contributed by atoms with Crippen LogP contribution in [0.1, 0.15) is 62.3 Å². The number of pyridine rings is 1. The van der Waals surface area contributed by atoms with Crippen LogP contribution in [0.25, 0.3) is 21.2 Å². The Bertz CT molecular complexity index is 1180. The molecule has 1 saturated carbocycles. The van der Waals surface area contributed by atoms with Crippen molar-refractivity contribution in [3.63, 3.8) is 0 Å². The van der Waals surface area contributed by atoms with Gasteiger partial charge in [-0.25, -0.2) is 0 Å². The minimum atomic E-state index is -0.0162. The summed E-state index contributed by atoms with van der Waals surface area (Å²) < 4.78 is 8.25. The second-order valence-electron chi connectivity index (χ2n) is 8.73. The second-order valence-corrected chi connectivity index (χ2v) is 9.78. The van der Waals surface area contributed by atoms with Gasteiger partial charge >= 0.3 is 0 Å². The molecule has 31 heavy (non-hydrogen) atoms. The fourth-order valence-corrected chi connectivity index (χ4v) is 5.50. The number of benzene rings is 1. The van der Waals surface area contributed by atoms with Gasteiger partial charge in [0.1, 0.15) is 11.6 Å². The number of hydrogen-bond donors (Lipinski definition) is 1. The molecule has 1 aromatic carbocycles. The summed E-state index contributed by atoms with van der Waals surface area (Å²) >= 11 is 1.55. The van der Waals surface area contributed by atoms with Gasteiger partial charge in [-0.1, -0.05) is 45.2 Å². The van der Waals surface area contributed by atoms with Gasteiger partial charge in [-0.05, 0) is 42.0 Å². The molecule has 5 nitrogen and oxygen atoms in total. The van der Waals surface area contributed by atoms with Crippen LogP contribution in [0.5, 0.6) is 5.75 Å². The minimum Gasteiger partial charge on any atom is -0.496 e. The van der Waals surface area contributed by atoms with Crippen LogP contribution >= 0.6 is 11.3 Å². The van der Waals surface area contributed by atoms with Crippen LogP contribution in [0.4, 0.5) is 0 Å². The fourth-order valence-electron chi connectivity index (χ4n) is 4.41. The Morgan fingerprint density at radius 2 is 1.97 bits per heavy atom. The number of thiophene rings is 1. The molecule has 0 amide bonds. The van der Waals surface area contributed by atoms with E-state index in [1.165, 1.54) is 24.8 Å². The number of aryl methyl sites for hydroxylation is 1. The first-order chi connectivity index (χ1) is 14.9. The molecule has 164 valence electrons. The molecule has 0 atom stereocenters. The quantitative estimate of drug-likeness (QED) is 0.427. The zero-order valence-corrected chi connectivity index (χ0v) is 19.6. The van der Waals surface area contributed by atoms with Crippen LogP contribution < -0.4 is 16.0 Å². The van der Waals surface area contributed by atoms with Crippen molar-refractivity contribution in [3.05, 3.63) is 51.3 Å². The highest BCUT2D eigenvalue weighted by Gasteiger charge is 2.18. The summed E-state index contributed by atoms with van der Waals surface area (Å²) in [6, 6.07) is 8.49. The average Bonchev–Trinajstić information content (AvgIpc) is 3.22. The molecule has 2 N–H and O–H groups in total. The highest BCUT2D eigenvalue weighted by atomic mass is 32.1. The smallest absolute Gasteiger partial charge is 0.259 e. The summed E-state index contributed by atoms with van der Waals surface area (Å²) in [5.41, 5.74) is 9.58. The number of rotatable bonds is 5. The van der Waals surface area contributed by atoms with E-state index in [4.69, 9.17) is 15.5 Å². The normalized spacial score (nSPS) is 15.7. The molecule has 3 aromatic rings. The number of fused-ring (bicyclic) bond motifs is 1. The molecule has 1 fully saturated rings. The van der Waals surface area contributed by atoms with Gasteiger partial charge < -0.3 is 15.0 Å². The van der Waals surface area contributed by atoms with Gasteiger partial charge in [0.2, 0.25) is 0 Å². The fraction of sp³-hybridized carbons (Fsp3) is 0.440. The van der Waals surface area contributed by atoms with Crippen molar-refractivity contribution in [3.8, 4) is 16.9 Å². The number of methoxy groups -OCH3 is 1. The number of hydrogen-bond acceptors (Lipinski definition) is 4. The summed E-state index contributed by atoms with van der Waals surface area (Å²) in [5, 5.41) is 0.689. The van der Waals surface area contributed by atoms with Crippen molar-refractivity contribution in [2.24, 2.45) is 17.8 Å². The van der Waals surface area contributed by atoms with Crippen molar-refractivity contribution < 1.29 is 4.74 Å². The van der Waals surface area contributed by atoms with Gasteiger partial charge in [-0.2, -0.15) is 0 Å². The van der Waals surface area contributed by atoms with E-state index < -0.39 is 0 Å². The van der Waals surface area contributed by atoms with Gasteiger partial charge in [0, 0.05) is 23.5 Å². The molecule has 0 aliphatic heterocycles. The first-order valence-electron chi connectivity index (χ1n) is 11.0. The summed E-state index contributed by atoms with van der Waals surface area (Å²) in [6.45, 7) is 4.31. The first-order valence-corrected chi connectivity index (χ1v) is 11.9. The third kappa shape index (κ3) is 4.26. The van der Waals surface area contributed by atoms with Crippen molar-refractivity contribution in [1.29, 1.82) is 0 Å². The average molecular weight is 438 g/mol.